The average molecular weight is 363 g/mol. The minimum Gasteiger partial charge on any atom is -0.329 e. The zero-order valence-corrected chi connectivity index (χ0v) is 14.6. The average Bonchev–Trinajstić information content (AvgIpc) is 2.86. The van der Waals surface area contributed by atoms with Crippen molar-refractivity contribution in [1.82, 2.24) is 14.5 Å². The molecule has 1 aliphatic heterocycles. The lowest BCUT2D eigenvalue weighted by Crippen LogP contribution is -2.37. The van der Waals surface area contributed by atoms with Gasteiger partial charge in [0.15, 0.2) is 0 Å². The van der Waals surface area contributed by atoms with Crippen LogP contribution in [0.25, 0.3) is 11.4 Å². The molecule has 2 N–H and O–H groups in total. The van der Waals surface area contributed by atoms with E-state index in [1.54, 1.807) is 0 Å². The van der Waals surface area contributed by atoms with Gasteiger partial charge in [-0.1, -0.05) is 36.8 Å². The summed E-state index contributed by atoms with van der Waals surface area (Å²) in [4.78, 5) is 7.40. The number of halogens is 1. The zero-order valence-electron chi connectivity index (χ0n) is 13.0. The fourth-order valence-corrected chi connectivity index (χ4v) is 3.74. The highest BCUT2D eigenvalue weighted by Gasteiger charge is 2.27. The molecule has 1 aliphatic rings. The summed E-state index contributed by atoms with van der Waals surface area (Å²) in [6.45, 7) is 2.83. The number of nitrogens with zero attached hydrogens (tertiary/aromatic N) is 3. The Balaban J connectivity index is 1.96. The standard InChI is InChI=1S/C17H23BrN4/c1-21-16(18)15(14(12-19)22-10-6-3-7-11-22)20-17(21)13-8-4-2-5-9-13/h2,4-5,8-9,14H,3,6-7,10-12,19H2,1H3. The van der Waals surface area contributed by atoms with Crippen LogP contribution >= 0.6 is 15.9 Å². The van der Waals surface area contributed by atoms with Crippen molar-refractivity contribution in [2.24, 2.45) is 12.8 Å². The molecule has 1 saturated heterocycles. The predicted molar refractivity (Wildman–Crippen MR) is 93.6 cm³/mol. The van der Waals surface area contributed by atoms with Crippen molar-refractivity contribution >= 4 is 15.9 Å². The summed E-state index contributed by atoms with van der Waals surface area (Å²) >= 11 is 3.72. The molecular weight excluding hydrogens is 340 g/mol. The molecule has 0 amide bonds. The Morgan fingerprint density at radius 1 is 1.18 bits per heavy atom. The molecule has 0 spiro atoms. The van der Waals surface area contributed by atoms with E-state index >= 15 is 0 Å². The van der Waals surface area contributed by atoms with Crippen molar-refractivity contribution in [1.29, 1.82) is 0 Å². The number of imidazole rings is 1. The molecule has 0 radical (unpaired) electrons. The van der Waals surface area contributed by atoms with Crippen molar-refractivity contribution in [3.05, 3.63) is 40.6 Å². The van der Waals surface area contributed by atoms with Crippen LogP contribution in [-0.2, 0) is 7.05 Å². The molecule has 1 aromatic heterocycles. The molecule has 1 aromatic carbocycles. The quantitative estimate of drug-likeness (QED) is 0.907. The van der Waals surface area contributed by atoms with Crippen LogP contribution in [0.2, 0.25) is 0 Å². The number of nitrogens with two attached hydrogens (primary N) is 1. The number of hydrogen-bond acceptors (Lipinski definition) is 3. The second kappa shape index (κ2) is 6.94. The van der Waals surface area contributed by atoms with Crippen LogP contribution in [0.3, 0.4) is 0 Å². The Labute approximate surface area is 140 Å². The molecule has 4 nitrogen and oxygen atoms in total. The summed E-state index contributed by atoms with van der Waals surface area (Å²) in [7, 11) is 2.05. The monoisotopic (exact) mass is 362 g/mol. The molecule has 1 fully saturated rings. The first-order chi connectivity index (χ1) is 10.7. The van der Waals surface area contributed by atoms with E-state index in [9.17, 15) is 0 Å². The van der Waals surface area contributed by atoms with Crippen LogP contribution in [0.1, 0.15) is 31.0 Å². The van der Waals surface area contributed by atoms with E-state index in [2.05, 4.69) is 37.5 Å². The number of rotatable bonds is 4. The maximum absolute atomic E-state index is 6.09. The molecular formula is C17H23BrN4. The molecule has 2 heterocycles. The van der Waals surface area contributed by atoms with Gasteiger partial charge in [-0.25, -0.2) is 4.98 Å². The first-order valence-corrected chi connectivity index (χ1v) is 8.73. The van der Waals surface area contributed by atoms with Crippen molar-refractivity contribution in [2.45, 2.75) is 25.3 Å². The van der Waals surface area contributed by atoms with Gasteiger partial charge in [-0.3, -0.25) is 4.90 Å². The van der Waals surface area contributed by atoms with Gasteiger partial charge in [0.2, 0.25) is 0 Å². The van der Waals surface area contributed by atoms with Gasteiger partial charge in [-0.05, 0) is 41.9 Å². The van der Waals surface area contributed by atoms with Gasteiger partial charge in [0, 0.05) is 19.2 Å². The molecule has 3 rings (SSSR count). The molecule has 2 aromatic rings. The van der Waals surface area contributed by atoms with Gasteiger partial charge < -0.3 is 10.3 Å². The van der Waals surface area contributed by atoms with Crippen LogP contribution in [0.15, 0.2) is 34.9 Å². The number of benzene rings is 1. The van der Waals surface area contributed by atoms with E-state index in [0.29, 0.717) is 6.54 Å². The summed E-state index contributed by atoms with van der Waals surface area (Å²) in [5.41, 5.74) is 8.28. The van der Waals surface area contributed by atoms with Gasteiger partial charge >= 0.3 is 0 Å². The number of hydrogen-bond donors (Lipinski definition) is 1. The van der Waals surface area contributed by atoms with E-state index in [1.807, 2.05) is 25.2 Å². The van der Waals surface area contributed by atoms with Crippen LogP contribution in [0, 0.1) is 0 Å². The molecule has 5 heteroatoms. The van der Waals surface area contributed by atoms with Gasteiger partial charge in [-0.2, -0.15) is 0 Å². The van der Waals surface area contributed by atoms with Crippen molar-refractivity contribution in [3.8, 4) is 11.4 Å². The third-order valence-electron chi connectivity index (χ3n) is 4.45. The van der Waals surface area contributed by atoms with Crippen molar-refractivity contribution in [2.75, 3.05) is 19.6 Å². The number of piperidine rings is 1. The first-order valence-electron chi connectivity index (χ1n) is 7.94. The molecule has 1 unspecified atom stereocenters. The summed E-state index contributed by atoms with van der Waals surface area (Å²) in [5.74, 6) is 0.984. The minimum atomic E-state index is 0.193. The summed E-state index contributed by atoms with van der Waals surface area (Å²) < 4.78 is 3.14. The second-order valence-corrected chi connectivity index (χ2v) is 6.64. The van der Waals surface area contributed by atoms with E-state index in [-0.39, 0.29) is 6.04 Å². The van der Waals surface area contributed by atoms with Crippen LogP contribution in [-0.4, -0.2) is 34.1 Å². The molecule has 0 bridgehead atoms. The maximum atomic E-state index is 6.09. The SMILES string of the molecule is Cn1c(-c2ccccc2)nc(C(CN)N2CCCCC2)c1Br. The van der Waals surface area contributed by atoms with Gasteiger partial charge in [0.1, 0.15) is 10.4 Å². The fourth-order valence-electron chi connectivity index (χ4n) is 3.22. The highest BCUT2D eigenvalue weighted by atomic mass is 79.9. The predicted octanol–water partition coefficient (Wildman–Crippen LogP) is 3.34. The topological polar surface area (TPSA) is 47.1 Å². The van der Waals surface area contributed by atoms with Crippen LogP contribution < -0.4 is 5.73 Å². The lowest BCUT2D eigenvalue weighted by molar-refractivity contribution is 0.164. The van der Waals surface area contributed by atoms with E-state index in [4.69, 9.17) is 10.7 Å². The maximum Gasteiger partial charge on any atom is 0.140 e. The Hall–Kier alpha value is -1.17. The van der Waals surface area contributed by atoms with E-state index < -0.39 is 0 Å². The highest BCUT2D eigenvalue weighted by Crippen LogP contribution is 2.32. The third kappa shape index (κ3) is 2.98. The Morgan fingerprint density at radius 2 is 1.86 bits per heavy atom. The normalized spacial score (nSPS) is 17.6. The first kappa shape index (κ1) is 15.7. The molecule has 118 valence electrons. The highest BCUT2D eigenvalue weighted by molar-refractivity contribution is 9.10. The Bertz CT molecular complexity index is 617. The minimum absolute atomic E-state index is 0.193. The molecule has 0 aliphatic carbocycles. The lowest BCUT2D eigenvalue weighted by atomic mass is 10.1. The van der Waals surface area contributed by atoms with E-state index in [0.717, 1.165) is 34.8 Å². The largest absolute Gasteiger partial charge is 0.329 e. The molecule has 22 heavy (non-hydrogen) atoms. The number of likely N-dealkylation sites (tertiary alicyclic amines) is 1. The fraction of sp³-hybridized carbons (Fsp3) is 0.471. The molecule has 1 atom stereocenters. The zero-order chi connectivity index (χ0) is 15.5. The summed E-state index contributed by atoms with van der Waals surface area (Å²) in [5, 5.41) is 0. The van der Waals surface area contributed by atoms with Crippen LogP contribution in [0.4, 0.5) is 0 Å². The Morgan fingerprint density at radius 3 is 2.50 bits per heavy atom. The Kier molecular flexibility index (Phi) is 4.96. The van der Waals surface area contributed by atoms with E-state index in [1.165, 1.54) is 19.3 Å². The number of aromatic nitrogens is 2. The molecule has 0 saturated carbocycles. The van der Waals surface area contributed by atoms with Gasteiger partial charge in [-0.15, -0.1) is 0 Å². The second-order valence-electron chi connectivity index (χ2n) is 5.88. The van der Waals surface area contributed by atoms with Crippen molar-refractivity contribution < 1.29 is 0 Å². The van der Waals surface area contributed by atoms with Gasteiger partial charge in [0.05, 0.1) is 11.7 Å². The lowest BCUT2D eigenvalue weighted by Gasteiger charge is -2.33. The van der Waals surface area contributed by atoms with Gasteiger partial charge in [0.25, 0.3) is 0 Å². The summed E-state index contributed by atoms with van der Waals surface area (Å²) in [6, 6.07) is 10.5. The third-order valence-corrected chi connectivity index (χ3v) is 5.39. The smallest absolute Gasteiger partial charge is 0.140 e. The van der Waals surface area contributed by atoms with Crippen molar-refractivity contribution in [3.63, 3.8) is 0 Å². The van der Waals surface area contributed by atoms with Crippen LogP contribution in [0.5, 0.6) is 0 Å². The summed E-state index contributed by atoms with van der Waals surface area (Å²) in [6.07, 6.45) is 3.84.